The van der Waals surface area contributed by atoms with Crippen LogP contribution in [0, 0.1) is 0 Å². The number of anilines is 2. The van der Waals surface area contributed by atoms with Crippen molar-refractivity contribution in [2.45, 2.75) is 25.0 Å². The van der Waals surface area contributed by atoms with E-state index in [1.807, 2.05) is 24.4 Å². The molecule has 0 aromatic heterocycles. The van der Waals surface area contributed by atoms with Crippen molar-refractivity contribution in [1.82, 2.24) is 5.32 Å². The number of benzene rings is 3. The molecule has 1 aliphatic heterocycles. The Balaban J connectivity index is 1.42. The molecule has 160 valence electrons. The van der Waals surface area contributed by atoms with Gasteiger partial charge in [0.25, 0.3) is 0 Å². The number of nitrogens with two attached hydrogens (primary N) is 2. The maximum atomic E-state index is 6.28. The third-order valence-electron chi connectivity index (χ3n) is 5.69. The summed E-state index contributed by atoms with van der Waals surface area (Å²) < 4.78 is 5.50. The van der Waals surface area contributed by atoms with Gasteiger partial charge in [0, 0.05) is 35.6 Å². The molecule has 0 fully saturated rings. The van der Waals surface area contributed by atoms with Crippen LogP contribution in [0.15, 0.2) is 85.3 Å². The maximum absolute atomic E-state index is 6.28. The first-order chi connectivity index (χ1) is 15.2. The smallest absolute Gasteiger partial charge is 0.195 e. The molecule has 0 saturated carbocycles. The molecule has 31 heavy (non-hydrogen) atoms. The van der Waals surface area contributed by atoms with E-state index >= 15 is 0 Å². The first-order valence-corrected chi connectivity index (χ1v) is 10.8. The van der Waals surface area contributed by atoms with Gasteiger partial charge in [0.1, 0.15) is 6.26 Å². The van der Waals surface area contributed by atoms with E-state index in [-0.39, 0.29) is 6.23 Å². The molecule has 0 radical (unpaired) electrons. The van der Waals surface area contributed by atoms with Crippen LogP contribution in [0.1, 0.15) is 40.8 Å². The van der Waals surface area contributed by atoms with E-state index in [9.17, 15) is 0 Å². The third-order valence-corrected chi connectivity index (χ3v) is 5.69. The average Bonchev–Trinajstić information content (AvgIpc) is 3.35. The predicted octanol–water partition coefficient (Wildman–Crippen LogP) is 4.49. The van der Waals surface area contributed by atoms with E-state index in [0.29, 0.717) is 12.5 Å². The zero-order chi connectivity index (χ0) is 21.5. The van der Waals surface area contributed by atoms with Crippen molar-refractivity contribution in [3.8, 4) is 0 Å². The van der Waals surface area contributed by atoms with Crippen LogP contribution in [0.25, 0.3) is 0 Å². The minimum Gasteiger partial charge on any atom is -0.473 e. The van der Waals surface area contributed by atoms with Crippen LogP contribution < -0.4 is 22.1 Å². The Hall–Kier alpha value is -3.44. The predicted molar refractivity (Wildman–Crippen MR) is 128 cm³/mol. The van der Waals surface area contributed by atoms with Gasteiger partial charge in [-0.3, -0.25) is 0 Å². The van der Waals surface area contributed by atoms with Crippen molar-refractivity contribution in [3.05, 3.63) is 108 Å². The van der Waals surface area contributed by atoms with Gasteiger partial charge in [0.15, 0.2) is 6.23 Å². The monoisotopic (exact) mass is 414 g/mol. The van der Waals surface area contributed by atoms with Crippen molar-refractivity contribution < 1.29 is 4.74 Å². The molecule has 2 unspecified atom stereocenters. The molecular formula is C26H30N4O. The molecule has 0 spiro atoms. The first-order valence-electron chi connectivity index (χ1n) is 10.8. The van der Waals surface area contributed by atoms with Crippen LogP contribution in [0.3, 0.4) is 0 Å². The molecule has 5 nitrogen and oxygen atoms in total. The van der Waals surface area contributed by atoms with E-state index in [4.69, 9.17) is 16.2 Å². The average molecular weight is 415 g/mol. The molecule has 3 aromatic rings. The Morgan fingerprint density at radius 3 is 2.52 bits per heavy atom. The van der Waals surface area contributed by atoms with Crippen LogP contribution >= 0.6 is 0 Å². The summed E-state index contributed by atoms with van der Waals surface area (Å²) in [7, 11) is 0. The first kappa shape index (κ1) is 20.8. The summed E-state index contributed by atoms with van der Waals surface area (Å²) in [6.07, 6.45) is 5.11. The zero-order valence-corrected chi connectivity index (χ0v) is 17.6. The van der Waals surface area contributed by atoms with E-state index in [0.717, 1.165) is 41.9 Å². The quantitative estimate of drug-likeness (QED) is 0.388. The van der Waals surface area contributed by atoms with Gasteiger partial charge < -0.3 is 26.8 Å². The topological polar surface area (TPSA) is 85.3 Å². The van der Waals surface area contributed by atoms with Crippen molar-refractivity contribution >= 4 is 11.4 Å². The van der Waals surface area contributed by atoms with Gasteiger partial charge in [0.05, 0.1) is 0 Å². The summed E-state index contributed by atoms with van der Waals surface area (Å²) in [6.45, 7) is 1.50. The molecule has 4 rings (SSSR count). The second-order valence-electron chi connectivity index (χ2n) is 7.88. The second-order valence-corrected chi connectivity index (χ2v) is 7.88. The fourth-order valence-corrected chi connectivity index (χ4v) is 3.91. The van der Waals surface area contributed by atoms with E-state index in [2.05, 4.69) is 65.2 Å². The lowest BCUT2D eigenvalue weighted by atomic mass is 9.95. The lowest BCUT2D eigenvalue weighted by Crippen LogP contribution is -2.16. The number of ether oxygens (including phenoxy) is 1. The fraction of sp³-hybridized carbons (Fsp3) is 0.231. The van der Waals surface area contributed by atoms with Crippen LogP contribution in [-0.4, -0.2) is 13.1 Å². The Morgan fingerprint density at radius 1 is 1.00 bits per heavy atom. The molecule has 1 aliphatic rings. The van der Waals surface area contributed by atoms with Gasteiger partial charge in [-0.2, -0.15) is 0 Å². The van der Waals surface area contributed by atoms with E-state index in [1.165, 1.54) is 11.1 Å². The highest BCUT2D eigenvalue weighted by atomic mass is 16.5. The summed E-state index contributed by atoms with van der Waals surface area (Å²) in [5.41, 5.74) is 18.8. The van der Waals surface area contributed by atoms with Gasteiger partial charge in [0.2, 0.25) is 0 Å². The lowest BCUT2D eigenvalue weighted by molar-refractivity contribution is 0.155. The number of nitrogen functional groups attached to an aromatic ring is 1. The summed E-state index contributed by atoms with van der Waals surface area (Å²) in [5.74, 6) is 0.376. The fourth-order valence-electron chi connectivity index (χ4n) is 3.91. The summed E-state index contributed by atoms with van der Waals surface area (Å²) in [5, 5.41) is 6.75. The summed E-state index contributed by atoms with van der Waals surface area (Å²) in [4.78, 5) is 0. The van der Waals surface area contributed by atoms with Crippen LogP contribution in [0.2, 0.25) is 0 Å². The molecular weight excluding hydrogens is 384 g/mol. The van der Waals surface area contributed by atoms with Crippen molar-refractivity contribution in [1.29, 1.82) is 0 Å². The summed E-state index contributed by atoms with van der Waals surface area (Å²) in [6, 6.07) is 25.2. The maximum Gasteiger partial charge on any atom is 0.195 e. The largest absolute Gasteiger partial charge is 0.473 e. The molecule has 0 aliphatic carbocycles. The van der Waals surface area contributed by atoms with Gasteiger partial charge in [-0.05, 0) is 54.3 Å². The lowest BCUT2D eigenvalue weighted by Gasteiger charge is -2.19. The minimum atomic E-state index is -0.0993. The van der Waals surface area contributed by atoms with Gasteiger partial charge in [-0.15, -0.1) is 0 Å². The van der Waals surface area contributed by atoms with Crippen molar-refractivity contribution in [2.24, 2.45) is 5.73 Å². The number of nitrogens with one attached hydrogen (secondary N) is 2. The van der Waals surface area contributed by atoms with E-state index < -0.39 is 0 Å². The molecule has 0 amide bonds. The Kier molecular flexibility index (Phi) is 6.75. The van der Waals surface area contributed by atoms with Crippen molar-refractivity contribution in [3.63, 3.8) is 0 Å². The normalized spacial score (nSPS) is 15.8. The Morgan fingerprint density at radius 2 is 1.81 bits per heavy atom. The standard InChI is InChI=1S/C26H30N4O/c27-13-12-22(20-4-2-1-3-5-20)18-30-24-10-11-25(28)23(17-24)16-19-6-8-21(9-7-19)26-29-14-15-31-26/h1-11,14-15,17,22,26,29-30H,12-13,16,18,27-28H2. The number of rotatable bonds is 9. The highest BCUT2D eigenvalue weighted by Crippen LogP contribution is 2.25. The highest BCUT2D eigenvalue weighted by molar-refractivity contribution is 5.58. The molecule has 0 bridgehead atoms. The second kappa shape index (κ2) is 10.0. The summed E-state index contributed by atoms with van der Waals surface area (Å²) >= 11 is 0. The molecule has 6 N–H and O–H groups in total. The highest BCUT2D eigenvalue weighted by Gasteiger charge is 2.13. The zero-order valence-electron chi connectivity index (χ0n) is 17.6. The van der Waals surface area contributed by atoms with Crippen LogP contribution in [-0.2, 0) is 11.2 Å². The molecule has 3 aromatic carbocycles. The number of hydrogen-bond donors (Lipinski definition) is 4. The molecule has 5 heteroatoms. The Labute approximate surface area is 184 Å². The van der Waals surface area contributed by atoms with Crippen molar-refractivity contribution in [2.75, 3.05) is 24.1 Å². The SMILES string of the molecule is NCCC(CNc1ccc(N)c(Cc2ccc(C3NC=CO3)cc2)c1)c1ccccc1. The minimum absolute atomic E-state index is 0.0993. The molecule has 1 heterocycles. The number of hydrogen-bond acceptors (Lipinski definition) is 5. The van der Waals surface area contributed by atoms with Crippen LogP contribution in [0.5, 0.6) is 0 Å². The third kappa shape index (κ3) is 5.38. The Bertz CT molecular complexity index is 994. The van der Waals surface area contributed by atoms with Gasteiger partial charge in [-0.25, -0.2) is 0 Å². The van der Waals surface area contributed by atoms with Gasteiger partial charge in [-0.1, -0.05) is 54.6 Å². The van der Waals surface area contributed by atoms with E-state index in [1.54, 1.807) is 6.26 Å². The molecule has 0 saturated heterocycles. The van der Waals surface area contributed by atoms with Gasteiger partial charge >= 0.3 is 0 Å². The molecule has 2 atom stereocenters. The van der Waals surface area contributed by atoms with Crippen LogP contribution in [0.4, 0.5) is 11.4 Å².